The topological polar surface area (TPSA) is 108 Å². The minimum absolute atomic E-state index is 0.0722. The highest BCUT2D eigenvalue weighted by Gasteiger charge is 2.05. The first-order chi connectivity index (χ1) is 13.6. The summed E-state index contributed by atoms with van der Waals surface area (Å²) in [6.07, 6.45) is 1.60. The minimum atomic E-state index is 0.0722. The maximum atomic E-state index is 5.76. The zero-order chi connectivity index (χ0) is 19.8. The Morgan fingerprint density at radius 1 is 1.04 bits per heavy atom. The lowest BCUT2D eigenvalue weighted by Crippen LogP contribution is -2.07. The lowest BCUT2D eigenvalue weighted by atomic mass is 10.2. The second-order valence-electron chi connectivity index (χ2n) is 5.93. The molecular formula is C20H22N6O2. The monoisotopic (exact) mass is 378 g/mol. The largest absolute Gasteiger partial charge is 0.494 e. The Balaban J connectivity index is 1.58. The summed E-state index contributed by atoms with van der Waals surface area (Å²) in [7, 11) is 0. The van der Waals surface area contributed by atoms with E-state index in [4.69, 9.17) is 15.3 Å². The number of nitrogen functional groups attached to an aromatic ring is 1. The van der Waals surface area contributed by atoms with E-state index in [1.165, 1.54) is 5.56 Å². The van der Waals surface area contributed by atoms with Crippen molar-refractivity contribution in [3.63, 3.8) is 0 Å². The molecule has 3 N–H and O–H groups in total. The van der Waals surface area contributed by atoms with Gasteiger partial charge in [0, 0.05) is 5.69 Å². The molecule has 0 aliphatic carbocycles. The standard InChI is InChI=1S/C20H22N6O2/c1-3-27-17-10-6-15(7-11-17)12-22-28-13-18-24-19(21)26-20(25-18)23-16-8-4-14(2)5-9-16/h4-12H,3,13H2,1-2H3,(H3,21,23,24,25,26)/b22-12-. The van der Waals surface area contributed by atoms with Crippen LogP contribution in [0.5, 0.6) is 5.75 Å². The van der Waals surface area contributed by atoms with Crippen molar-refractivity contribution in [3.05, 3.63) is 65.5 Å². The molecule has 0 aliphatic heterocycles. The summed E-state index contributed by atoms with van der Waals surface area (Å²) in [5.41, 5.74) is 8.68. The fourth-order valence-corrected chi connectivity index (χ4v) is 2.33. The van der Waals surface area contributed by atoms with Gasteiger partial charge in [-0.25, -0.2) is 0 Å². The van der Waals surface area contributed by atoms with Gasteiger partial charge >= 0.3 is 0 Å². The molecule has 0 fully saturated rings. The van der Waals surface area contributed by atoms with E-state index in [0.717, 1.165) is 17.0 Å². The Labute approximate surface area is 163 Å². The van der Waals surface area contributed by atoms with E-state index in [1.54, 1.807) is 6.21 Å². The second kappa shape index (κ2) is 9.31. The van der Waals surface area contributed by atoms with Gasteiger partial charge in [-0.05, 0) is 55.8 Å². The van der Waals surface area contributed by atoms with E-state index in [0.29, 0.717) is 18.4 Å². The van der Waals surface area contributed by atoms with Crippen LogP contribution in [0.15, 0.2) is 53.7 Å². The summed E-state index contributed by atoms with van der Waals surface area (Å²) in [6.45, 7) is 4.67. The Bertz CT molecular complexity index is 926. The van der Waals surface area contributed by atoms with E-state index in [2.05, 4.69) is 25.4 Å². The van der Waals surface area contributed by atoms with Crippen molar-refractivity contribution in [1.82, 2.24) is 15.0 Å². The SMILES string of the molecule is CCOc1ccc(/C=N\OCc2nc(N)nc(Nc3ccc(C)cc3)n2)cc1. The van der Waals surface area contributed by atoms with Crippen molar-refractivity contribution >= 4 is 23.8 Å². The molecule has 28 heavy (non-hydrogen) atoms. The quantitative estimate of drug-likeness (QED) is 0.456. The van der Waals surface area contributed by atoms with Crippen LogP contribution in [0.1, 0.15) is 23.9 Å². The minimum Gasteiger partial charge on any atom is -0.494 e. The van der Waals surface area contributed by atoms with Crippen molar-refractivity contribution in [2.45, 2.75) is 20.5 Å². The summed E-state index contributed by atoms with van der Waals surface area (Å²) in [4.78, 5) is 17.7. The highest BCUT2D eigenvalue weighted by Crippen LogP contribution is 2.15. The third kappa shape index (κ3) is 5.66. The summed E-state index contributed by atoms with van der Waals surface area (Å²) in [6, 6.07) is 15.4. The van der Waals surface area contributed by atoms with Crippen LogP contribution in [-0.4, -0.2) is 27.8 Å². The lowest BCUT2D eigenvalue weighted by Gasteiger charge is -2.07. The molecule has 8 heteroatoms. The van der Waals surface area contributed by atoms with Crippen LogP contribution in [0.25, 0.3) is 0 Å². The van der Waals surface area contributed by atoms with Gasteiger partial charge in [0.05, 0.1) is 12.8 Å². The van der Waals surface area contributed by atoms with E-state index in [9.17, 15) is 0 Å². The average Bonchev–Trinajstić information content (AvgIpc) is 2.68. The van der Waals surface area contributed by atoms with Crippen LogP contribution in [0.3, 0.4) is 0 Å². The first kappa shape index (κ1) is 19.1. The molecule has 0 saturated carbocycles. The normalized spacial score (nSPS) is 10.8. The molecule has 8 nitrogen and oxygen atoms in total. The van der Waals surface area contributed by atoms with Crippen LogP contribution >= 0.6 is 0 Å². The van der Waals surface area contributed by atoms with Gasteiger partial charge in [0.15, 0.2) is 12.4 Å². The summed E-state index contributed by atoms with van der Waals surface area (Å²) >= 11 is 0. The number of nitrogens with two attached hydrogens (primary N) is 1. The molecule has 144 valence electrons. The maximum absolute atomic E-state index is 5.76. The second-order valence-corrected chi connectivity index (χ2v) is 5.93. The highest BCUT2D eigenvalue weighted by molar-refractivity contribution is 5.79. The number of nitrogens with zero attached hydrogens (tertiary/aromatic N) is 4. The number of aryl methyl sites for hydroxylation is 1. The maximum Gasteiger partial charge on any atom is 0.232 e. The van der Waals surface area contributed by atoms with Gasteiger partial charge in [0.25, 0.3) is 0 Å². The zero-order valence-electron chi connectivity index (χ0n) is 15.8. The van der Waals surface area contributed by atoms with Crippen LogP contribution in [0.2, 0.25) is 0 Å². The third-order valence-corrected chi connectivity index (χ3v) is 3.67. The summed E-state index contributed by atoms with van der Waals surface area (Å²) in [5, 5.41) is 7.03. The van der Waals surface area contributed by atoms with Gasteiger partial charge in [-0.1, -0.05) is 22.9 Å². The Morgan fingerprint density at radius 3 is 2.50 bits per heavy atom. The van der Waals surface area contributed by atoms with Crippen LogP contribution in [0.4, 0.5) is 17.6 Å². The fourth-order valence-electron chi connectivity index (χ4n) is 2.33. The number of oxime groups is 1. The first-order valence-electron chi connectivity index (χ1n) is 8.84. The van der Waals surface area contributed by atoms with Gasteiger partial charge in [-0.2, -0.15) is 15.0 Å². The molecule has 0 atom stereocenters. The first-order valence-corrected chi connectivity index (χ1v) is 8.84. The zero-order valence-corrected chi connectivity index (χ0v) is 15.8. The smallest absolute Gasteiger partial charge is 0.232 e. The summed E-state index contributed by atoms with van der Waals surface area (Å²) < 4.78 is 5.40. The van der Waals surface area contributed by atoms with E-state index >= 15 is 0 Å². The molecule has 2 aromatic carbocycles. The van der Waals surface area contributed by atoms with Crippen LogP contribution in [0, 0.1) is 6.92 Å². The van der Waals surface area contributed by atoms with Gasteiger partial charge in [0.2, 0.25) is 11.9 Å². The van der Waals surface area contributed by atoms with Crippen LogP contribution in [-0.2, 0) is 11.4 Å². The predicted octanol–water partition coefficient (Wildman–Crippen LogP) is 3.46. The van der Waals surface area contributed by atoms with Gasteiger partial charge in [-0.15, -0.1) is 0 Å². The van der Waals surface area contributed by atoms with E-state index in [1.807, 2.05) is 62.4 Å². The van der Waals surface area contributed by atoms with Crippen molar-refractivity contribution in [2.75, 3.05) is 17.7 Å². The molecule has 1 heterocycles. The van der Waals surface area contributed by atoms with Gasteiger partial charge in [-0.3, -0.25) is 0 Å². The predicted molar refractivity (Wildman–Crippen MR) is 109 cm³/mol. The molecule has 0 amide bonds. The van der Waals surface area contributed by atoms with Crippen LogP contribution < -0.4 is 15.8 Å². The molecular weight excluding hydrogens is 356 g/mol. The molecule has 0 saturated heterocycles. The Kier molecular flexibility index (Phi) is 6.35. The third-order valence-electron chi connectivity index (χ3n) is 3.67. The van der Waals surface area contributed by atoms with Gasteiger partial charge < -0.3 is 20.6 Å². The summed E-state index contributed by atoms with van der Waals surface area (Å²) in [5.74, 6) is 1.66. The Hall–Kier alpha value is -3.68. The molecule has 3 rings (SSSR count). The van der Waals surface area contributed by atoms with Crippen molar-refractivity contribution < 1.29 is 9.57 Å². The molecule has 0 aliphatic rings. The number of benzene rings is 2. The van der Waals surface area contributed by atoms with Crippen molar-refractivity contribution in [1.29, 1.82) is 0 Å². The molecule has 0 unspecified atom stereocenters. The number of nitrogens with one attached hydrogen (secondary N) is 1. The number of aromatic nitrogens is 3. The van der Waals surface area contributed by atoms with E-state index < -0.39 is 0 Å². The highest BCUT2D eigenvalue weighted by atomic mass is 16.6. The number of ether oxygens (including phenoxy) is 1. The number of hydrogen-bond donors (Lipinski definition) is 2. The van der Waals surface area contributed by atoms with E-state index in [-0.39, 0.29) is 12.6 Å². The molecule has 3 aromatic rings. The Morgan fingerprint density at radius 2 is 1.79 bits per heavy atom. The molecule has 1 aromatic heterocycles. The fraction of sp³-hybridized carbons (Fsp3) is 0.200. The number of hydrogen-bond acceptors (Lipinski definition) is 8. The van der Waals surface area contributed by atoms with Crippen molar-refractivity contribution in [2.24, 2.45) is 5.16 Å². The number of anilines is 3. The van der Waals surface area contributed by atoms with Crippen molar-refractivity contribution in [3.8, 4) is 5.75 Å². The average molecular weight is 378 g/mol. The molecule has 0 radical (unpaired) electrons. The lowest BCUT2D eigenvalue weighted by molar-refractivity contribution is 0.126. The molecule has 0 spiro atoms. The number of rotatable bonds is 8. The molecule has 0 bridgehead atoms. The van der Waals surface area contributed by atoms with Gasteiger partial charge in [0.1, 0.15) is 5.75 Å².